The molecule has 2 N–H and O–H groups in total. The van der Waals surface area contributed by atoms with Gasteiger partial charge in [0.2, 0.25) is 0 Å². The zero-order chi connectivity index (χ0) is 30.2. The number of allylic oxidation sites excluding steroid dienone is 2. The van der Waals surface area contributed by atoms with Crippen molar-refractivity contribution in [1.82, 2.24) is 0 Å². The van der Waals surface area contributed by atoms with Crippen LogP contribution >= 0.6 is 0 Å². The molecular formula is C33H61NO6. The van der Waals surface area contributed by atoms with E-state index in [0.29, 0.717) is 25.7 Å². The Bertz CT molecular complexity index is 647. The summed E-state index contributed by atoms with van der Waals surface area (Å²) in [5.74, 6) is -3.56. The van der Waals surface area contributed by atoms with Gasteiger partial charge in [0.25, 0.3) is 0 Å². The average molecular weight is 568 g/mol. The van der Waals surface area contributed by atoms with Crippen molar-refractivity contribution in [1.29, 1.82) is 0 Å². The zero-order valence-corrected chi connectivity index (χ0v) is 26.2. The molecule has 0 aromatic rings. The minimum absolute atomic E-state index is 0.205. The van der Waals surface area contributed by atoms with Crippen molar-refractivity contribution >= 4 is 17.9 Å². The minimum Gasteiger partial charge on any atom is -0.544 e. The largest absolute Gasteiger partial charge is 0.544 e. The van der Waals surface area contributed by atoms with Crippen LogP contribution in [0.5, 0.6) is 0 Å². The highest BCUT2D eigenvalue weighted by atomic mass is 16.4. The predicted octanol–water partition coefficient (Wildman–Crippen LogP) is 7.27. The lowest BCUT2D eigenvalue weighted by atomic mass is 9.91. The second-order valence-electron chi connectivity index (χ2n) is 11.6. The first kappa shape index (κ1) is 38.1. The highest BCUT2D eigenvalue weighted by molar-refractivity contribution is 5.77. The van der Waals surface area contributed by atoms with Crippen LogP contribution in [0.1, 0.15) is 156 Å². The molecule has 40 heavy (non-hydrogen) atoms. The number of carboxylic acid groups (broad SMARTS) is 3. The maximum Gasteiger partial charge on any atom is 0.362 e. The van der Waals surface area contributed by atoms with Crippen LogP contribution < -0.4 is 5.11 Å². The quantitative estimate of drug-likeness (QED) is 0.0584. The topological polar surface area (TPSA) is 115 Å². The molecule has 0 aromatic heterocycles. The summed E-state index contributed by atoms with van der Waals surface area (Å²) in [6.45, 7) is 8.04. The van der Waals surface area contributed by atoms with E-state index >= 15 is 0 Å². The van der Waals surface area contributed by atoms with Gasteiger partial charge < -0.3 is 20.1 Å². The van der Waals surface area contributed by atoms with Crippen molar-refractivity contribution in [3.05, 3.63) is 12.2 Å². The maximum atomic E-state index is 12.5. The molecule has 0 amide bonds. The van der Waals surface area contributed by atoms with E-state index in [1.165, 1.54) is 51.4 Å². The molecule has 3 unspecified atom stereocenters. The SMILES string of the molecule is CCCCCCC/C=C/CCCCCCCCC[N+](C(CCC)C(=O)[O-])(C(CCC)C(=O)O)C(CCC)C(=O)O. The molecular weight excluding hydrogens is 506 g/mol. The van der Waals surface area contributed by atoms with E-state index in [1.807, 2.05) is 20.8 Å². The molecule has 0 aliphatic heterocycles. The molecule has 0 aliphatic carbocycles. The Labute approximate surface area is 245 Å². The summed E-state index contributed by atoms with van der Waals surface area (Å²) in [6.07, 6.45) is 22.8. The van der Waals surface area contributed by atoms with Crippen LogP contribution in [0, 0.1) is 0 Å². The summed E-state index contributed by atoms with van der Waals surface area (Å²) in [6, 6.07) is -3.33. The molecule has 3 atom stereocenters. The summed E-state index contributed by atoms with van der Waals surface area (Å²) >= 11 is 0. The van der Waals surface area contributed by atoms with Gasteiger partial charge in [-0.05, 0) is 51.4 Å². The first-order valence-corrected chi connectivity index (χ1v) is 16.4. The van der Waals surface area contributed by atoms with Crippen LogP contribution in [0.4, 0.5) is 0 Å². The van der Waals surface area contributed by atoms with Gasteiger partial charge in [-0.2, -0.15) is 0 Å². The third-order valence-corrected chi connectivity index (χ3v) is 8.33. The van der Waals surface area contributed by atoms with E-state index in [-0.39, 0.29) is 25.8 Å². The van der Waals surface area contributed by atoms with Gasteiger partial charge in [0.15, 0.2) is 12.1 Å². The van der Waals surface area contributed by atoms with Crippen LogP contribution in [-0.2, 0) is 14.4 Å². The number of unbranched alkanes of at least 4 members (excludes halogenated alkanes) is 12. The number of nitrogens with zero attached hydrogens (tertiary/aromatic N) is 1. The van der Waals surface area contributed by atoms with E-state index in [4.69, 9.17) is 0 Å². The van der Waals surface area contributed by atoms with Gasteiger partial charge in [0.05, 0.1) is 12.5 Å². The molecule has 0 heterocycles. The van der Waals surface area contributed by atoms with Gasteiger partial charge in [0, 0.05) is 19.3 Å². The molecule has 0 saturated carbocycles. The van der Waals surface area contributed by atoms with Crippen LogP contribution in [0.15, 0.2) is 12.2 Å². The van der Waals surface area contributed by atoms with Crippen LogP contribution in [0.3, 0.4) is 0 Å². The molecule has 7 nitrogen and oxygen atoms in total. The number of quaternary nitrogens is 1. The van der Waals surface area contributed by atoms with Gasteiger partial charge in [-0.1, -0.05) is 97.6 Å². The Balaban J connectivity index is 5.13. The van der Waals surface area contributed by atoms with Crippen molar-refractivity contribution in [3.8, 4) is 0 Å². The lowest BCUT2D eigenvalue weighted by Gasteiger charge is -2.52. The molecule has 0 radical (unpaired) electrons. The predicted molar refractivity (Wildman–Crippen MR) is 161 cm³/mol. The van der Waals surface area contributed by atoms with Gasteiger partial charge >= 0.3 is 11.9 Å². The van der Waals surface area contributed by atoms with Gasteiger partial charge in [0.1, 0.15) is 6.04 Å². The number of rotatable bonds is 28. The molecule has 0 rings (SSSR count). The Hall–Kier alpha value is -1.89. The van der Waals surface area contributed by atoms with Crippen molar-refractivity contribution in [2.75, 3.05) is 6.54 Å². The number of aliphatic carboxylic acids is 3. The number of hydrogen-bond acceptors (Lipinski definition) is 4. The number of carboxylic acids is 3. The first-order chi connectivity index (χ1) is 19.2. The molecule has 0 aliphatic rings. The fraction of sp³-hybridized carbons (Fsp3) is 0.848. The molecule has 0 spiro atoms. The molecule has 0 saturated heterocycles. The Morgan fingerprint density at radius 3 is 1.32 bits per heavy atom. The number of carbonyl (C=O) groups excluding carboxylic acids is 1. The van der Waals surface area contributed by atoms with E-state index in [9.17, 15) is 29.7 Å². The maximum absolute atomic E-state index is 12.5. The first-order valence-electron chi connectivity index (χ1n) is 16.4. The lowest BCUT2D eigenvalue weighted by molar-refractivity contribution is -0.975. The molecule has 0 bridgehead atoms. The fourth-order valence-electron chi connectivity index (χ4n) is 6.27. The van der Waals surface area contributed by atoms with Crippen LogP contribution in [0.2, 0.25) is 0 Å². The molecule has 0 fully saturated rings. The van der Waals surface area contributed by atoms with Gasteiger partial charge in [-0.3, -0.25) is 4.48 Å². The number of hydrogen-bond donors (Lipinski definition) is 2. The average Bonchev–Trinajstić information content (AvgIpc) is 2.91. The Morgan fingerprint density at radius 1 is 0.575 bits per heavy atom. The van der Waals surface area contributed by atoms with Crippen LogP contribution in [0.25, 0.3) is 0 Å². The van der Waals surface area contributed by atoms with Crippen molar-refractivity contribution in [2.45, 2.75) is 174 Å². The monoisotopic (exact) mass is 567 g/mol. The summed E-state index contributed by atoms with van der Waals surface area (Å²) in [7, 11) is 0. The third-order valence-electron chi connectivity index (χ3n) is 8.33. The Kier molecular flexibility index (Phi) is 22.7. The molecule has 0 aromatic carbocycles. The smallest absolute Gasteiger partial charge is 0.362 e. The lowest BCUT2D eigenvalue weighted by Crippen LogP contribution is -2.74. The van der Waals surface area contributed by atoms with Crippen molar-refractivity contribution in [3.63, 3.8) is 0 Å². The second kappa shape index (κ2) is 23.8. The van der Waals surface area contributed by atoms with E-state index in [0.717, 1.165) is 32.1 Å². The summed E-state index contributed by atoms with van der Waals surface area (Å²) in [5.41, 5.74) is 0. The summed E-state index contributed by atoms with van der Waals surface area (Å²) < 4.78 is -0.437. The highest BCUT2D eigenvalue weighted by Gasteiger charge is 2.54. The third kappa shape index (κ3) is 14.1. The standard InChI is InChI=1S/C33H61NO6/c1-5-9-10-11-12-13-14-15-16-17-18-19-20-21-22-23-27-34(28(24-6-2)31(35)36,29(25-7-3)32(37)38)30(26-8-4)33(39)40/h14-15,28-30H,5-13,16-27H2,1-4H3,(H2-,35,36,37,38,39,40)/b15-14+. The Morgan fingerprint density at radius 2 is 0.950 bits per heavy atom. The zero-order valence-electron chi connectivity index (χ0n) is 26.2. The second-order valence-corrected chi connectivity index (χ2v) is 11.6. The van der Waals surface area contributed by atoms with Gasteiger partial charge in [-0.15, -0.1) is 0 Å². The summed E-state index contributed by atoms with van der Waals surface area (Å²) in [5, 5.41) is 32.9. The van der Waals surface area contributed by atoms with Crippen molar-refractivity contribution < 1.29 is 34.2 Å². The van der Waals surface area contributed by atoms with E-state index in [2.05, 4.69) is 19.1 Å². The van der Waals surface area contributed by atoms with Crippen LogP contribution in [-0.4, -0.2) is 57.3 Å². The van der Waals surface area contributed by atoms with E-state index < -0.39 is 40.5 Å². The molecule has 234 valence electrons. The highest BCUT2D eigenvalue weighted by Crippen LogP contribution is 2.34. The number of carbonyl (C=O) groups is 3. The molecule has 7 heteroatoms. The van der Waals surface area contributed by atoms with E-state index in [1.54, 1.807) is 0 Å². The van der Waals surface area contributed by atoms with Crippen molar-refractivity contribution in [2.24, 2.45) is 0 Å². The normalized spacial score (nSPS) is 15.5. The summed E-state index contributed by atoms with van der Waals surface area (Å²) in [4.78, 5) is 37.5. The fourth-order valence-corrected chi connectivity index (χ4v) is 6.27. The minimum atomic E-state index is -1.34. The van der Waals surface area contributed by atoms with Gasteiger partial charge in [-0.25, -0.2) is 9.59 Å².